The molecule has 0 unspecified atom stereocenters. The Labute approximate surface area is 192 Å². The normalized spacial score (nSPS) is 15.4. The maximum Gasteiger partial charge on any atom is 0.411 e. The number of carbonyl (C=O) groups is 2. The number of nitro benzene ring substituents is 1. The molecule has 1 saturated heterocycles. The van der Waals surface area contributed by atoms with E-state index in [4.69, 9.17) is 4.74 Å². The van der Waals surface area contributed by atoms with E-state index in [1.807, 2.05) is 20.8 Å². The standard InChI is InChI=1S/C24H29N3O6/c1-14-8-18(22(27(31)32)11-17(14)4)13-33-24(30)25-21-10-16(3)15(2)9-20(21)23(29)26-7-5-6-19(26)12-28/h8-11,19,28H,5-7,12-13H2,1-4H3,(H,25,30)/t19-/m0/s1. The van der Waals surface area contributed by atoms with Gasteiger partial charge in [-0.05, 0) is 81.0 Å². The van der Waals surface area contributed by atoms with Gasteiger partial charge in [0.1, 0.15) is 6.61 Å². The zero-order valence-corrected chi connectivity index (χ0v) is 19.3. The van der Waals surface area contributed by atoms with Crippen LogP contribution >= 0.6 is 0 Å². The molecule has 1 aliphatic heterocycles. The van der Waals surface area contributed by atoms with Gasteiger partial charge in [0.15, 0.2) is 0 Å². The van der Waals surface area contributed by atoms with Crippen LogP contribution in [0.4, 0.5) is 16.2 Å². The first kappa shape index (κ1) is 24.2. The summed E-state index contributed by atoms with van der Waals surface area (Å²) in [5, 5.41) is 23.6. The number of hydrogen-bond acceptors (Lipinski definition) is 6. The Morgan fingerprint density at radius 2 is 1.76 bits per heavy atom. The first-order valence-electron chi connectivity index (χ1n) is 10.8. The molecule has 2 N–H and O–H groups in total. The van der Waals surface area contributed by atoms with Gasteiger partial charge in [0.05, 0.1) is 34.4 Å². The Hall–Kier alpha value is -3.46. The van der Waals surface area contributed by atoms with Gasteiger partial charge in [-0.25, -0.2) is 4.79 Å². The van der Waals surface area contributed by atoms with Gasteiger partial charge in [-0.1, -0.05) is 0 Å². The number of ether oxygens (including phenoxy) is 1. The number of aliphatic hydroxyl groups is 1. The van der Waals surface area contributed by atoms with E-state index < -0.39 is 11.0 Å². The lowest BCUT2D eigenvalue weighted by Gasteiger charge is -2.25. The molecule has 176 valence electrons. The van der Waals surface area contributed by atoms with Crippen molar-refractivity contribution in [3.8, 4) is 0 Å². The highest BCUT2D eigenvalue weighted by atomic mass is 16.6. The predicted molar refractivity (Wildman–Crippen MR) is 123 cm³/mol. The molecule has 2 aromatic carbocycles. The molecule has 1 aliphatic rings. The lowest BCUT2D eigenvalue weighted by Crippen LogP contribution is -2.38. The quantitative estimate of drug-likeness (QED) is 0.498. The monoisotopic (exact) mass is 455 g/mol. The highest BCUT2D eigenvalue weighted by Gasteiger charge is 2.30. The molecule has 2 amide bonds. The van der Waals surface area contributed by atoms with E-state index in [2.05, 4.69) is 5.32 Å². The van der Waals surface area contributed by atoms with E-state index in [1.165, 1.54) is 6.07 Å². The van der Waals surface area contributed by atoms with E-state index in [0.29, 0.717) is 17.8 Å². The second kappa shape index (κ2) is 9.99. The highest BCUT2D eigenvalue weighted by molar-refractivity contribution is 6.03. The highest BCUT2D eigenvalue weighted by Crippen LogP contribution is 2.27. The van der Waals surface area contributed by atoms with E-state index in [9.17, 15) is 24.8 Å². The second-order valence-electron chi connectivity index (χ2n) is 8.48. The van der Waals surface area contributed by atoms with Crippen molar-refractivity contribution in [3.05, 3.63) is 67.8 Å². The van der Waals surface area contributed by atoms with Crippen LogP contribution in [0.25, 0.3) is 0 Å². The molecule has 0 aliphatic carbocycles. The van der Waals surface area contributed by atoms with E-state index in [-0.39, 0.29) is 36.4 Å². The second-order valence-corrected chi connectivity index (χ2v) is 8.48. The molecule has 3 rings (SSSR count). The van der Waals surface area contributed by atoms with E-state index >= 15 is 0 Å². The van der Waals surface area contributed by atoms with Gasteiger partial charge in [-0.3, -0.25) is 20.2 Å². The number of nitrogens with zero attached hydrogens (tertiary/aromatic N) is 2. The summed E-state index contributed by atoms with van der Waals surface area (Å²) in [7, 11) is 0. The predicted octanol–water partition coefficient (Wildman–Crippen LogP) is 4.17. The Kier molecular flexibility index (Phi) is 7.33. The summed E-state index contributed by atoms with van der Waals surface area (Å²) in [4.78, 5) is 38.3. The van der Waals surface area contributed by atoms with Gasteiger partial charge < -0.3 is 14.7 Å². The van der Waals surface area contributed by atoms with Crippen molar-refractivity contribution in [2.24, 2.45) is 0 Å². The number of likely N-dealkylation sites (tertiary alicyclic amines) is 1. The number of anilines is 1. The molecule has 0 spiro atoms. The molecule has 0 saturated carbocycles. The lowest BCUT2D eigenvalue weighted by molar-refractivity contribution is -0.385. The first-order valence-corrected chi connectivity index (χ1v) is 10.8. The molecular weight excluding hydrogens is 426 g/mol. The van der Waals surface area contributed by atoms with Crippen molar-refractivity contribution in [3.63, 3.8) is 0 Å². The Morgan fingerprint density at radius 1 is 1.12 bits per heavy atom. The Balaban J connectivity index is 1.80. The van der Waals surface area contributed by atoms with Crippen LogP contribution in [0.5, 0.6) is 0 Å². The number of carbonyl (C=O) groups excluding carboxylic acids is 2. The van der Waals surface area contributed by atoms with Crippen LogP contribution in [-0.2, 0) is 11.3 Å². The van der Waals surface area contributed by atoms with Crippen molar-refractivity contribution in [1.29, 1.82) is 0 Å². The lowest BCUT2D eigenvalue weighted by atomic mass is 10.0. The number of nitro groups is 1. The fourth-order valence-electron chi connectivity index (χ4n) is 3.98. The fourth-order valence-corrected chi connectivity index (χ4v) is 3.98. The van der Waals surface area contributed by atoms with Gasteiger partial charge >= 0.3 is 6.09 Å². The smallest absolute Gasteiger partial charge is 0.411 e. The van der Waals surface area contributed by atoms with Crippen LogP contribution in [0.1, 0.15) is 51.0 Å². The summed E-state index contributed by atoms with van der Waals surface area (Å²) in [5.74, 6) is -0.269. The fraction of sp³-hybridized carbons (Fsp3) is 0.417. The van der Waals surface area contributed by atoms with Crippen LogP contribution < -0.4 is 5.32 Å². The van der Waals surface area contributed by atoms with Crippen molar-refractivity contribution in [2.75, 3.05) is 18.5 Å². The zero-order valence-electron chi connectivity index (χ0n) is 19.3. The number of amides is 2. The minimum Gasteiger partial charge on any atom is -0.444 e. The van der Waals surface area contributed by atoms with Gasteiger partial charge in [0.2, 0.25) is 0 Å². The average molecular weight is 456 g/mol. The van der Waals surface area contributed by atoms with Gasteiger partial charge in [-0.15, -0.1) is 0 Å². The van der Waals surface area contributed by atoms with Gasteiger partial charge in [-0.2, -0.15) is 0 Å². The number of nitrogens with one attached hydrogen (secondary N) is 1. The molecular formula is C24H29N3O6. The summed E-state index contributed by atoms with van der Waals surface area (Å²) < 4.78 is 5.27. The summed E-state index contributed by atoms with van der Waals surface area (Å²) in [6, 6.07) is 6.26. The number of rotatable bonds is 6. The SMILES string of the molecule is Cc1cc(COC(=O)Nc2cc(C)c(C)cc2C(=O)N2CCC[C@H]2CO)c([N+](=O)[O-])cc1C. The average Bonchev–Trinajstić information content (AvgIpc) is 3.25. The van der Waals surface area contributed by atoms with Crippen LogP contribution in [0.15, 0.2) is 24.3 Å². The largest absolute Gasteiger partial charge is 0.444 e. The molecule has 1 fully saturated rings. The summed E-state index contributed by atoms with van der Waals surface area (Å²) in [6.07, 6.45) is 0.716. The van der Waals surface area contributed by atoms with Crippen LogP contribution in [-0.4, -0.2) is 46.1 Å². The minimum absolute atomic E-state index is 0.114. The third kappa shape index (κ3) is 5.31. The van der Waals surface area contributed by atoms with E-state index in [1.54, 1.807) is 30.0 Å². The van der Waals surface area contributed by atoms with E-state index in [0.717, 1.165) is 35.1 Å². The van der Waals surface area contributed by atoms with Crippen LogP contribution in [0.3, 0.4) is 0 Å². The molecule has 2 aromatic rings. The molecule has 9 heteroatoms. The molecule has 33 heavy (non-hydrogen) atoms. The topological polar surface area (TPSA) is 122 Å². The number of hydrogen-bond donors (Lipinski definition) is 2. The van der Waals surface area contributed by atoms with Gasteiger partial charge in [0.25, 0.3) is 11.6 Å². The third-order valence-corrected chi connectivity index (χ3v) is 6.20. The molecule has 1 heterocycles. The van der Waals surface area contributed by atoms with Crippen molar-refractivity contribution >= 4 is 23.4 Å². The maximum absolute atomic E-state index is 13.2. The number of benzene rings is 2. The van der Waals surface area contributed by atoms with Crippen LogP contribution in [0, 0.1) is 37.8 Å². The first-order chi connectivity index (χ1) is 15.6. The Morgan fingerprint density at radius 3 is 2.42 bits per heavy atom. The molecule has 9 nitrogen and oxygen atoms in total. The summed E-state index contributed by atoms with van der Waals surface area (Å²) in [6.45, 7) is 7.49. The number of aryl methyl sites for hydroxylation is 4. The number of aliphatic hydroxyl groups excluding tert-OH is 1. The molecule has 0 bridgehead atoms. The van der Waals surface area contributed by atoms with Crippen molar-refractivity contribution < 1.29 is 24.4 Å². The van der Waals surface area contributed by atoms with Crippen molar-refractivity contribution in [2.45, 2.75) is 53.2 Å². The van der Waals surface area contributed by atoms with Gasteiger partial charge in [0, 0.05) is 12.6 Å². The Bertz CT molecular complexity index is 1100. The third-order valence-electron chi connectivity index (χ3n) is 6.20. The summed E-state index contributed by atoms with van der Waals surface area (Å²) in [5.41, 5.74) is 4.19. The summed E-state index contributed by atoms with van der Waals surface area (Å²) >= 11 is 0. The molecule has 0 aromatic heterocycles. The molecule has 1 atom stereocenters. The molecule has 0 radical (unpaired) electrons. The van der Waals surface area contributed by atoms with Crippen LogP contribution in [0.2, 0.25) is 0 Å². The maximum atomic E-state index is 13.2. The minimum atomic E-state index is -0.819. The van der Waals surface area contributed by atoms with Crippen molar-refractivity contribution in [1.82, 2.24) is 4.90 Å². The zero-order chi connectivity index (χ0) is 24.3.